The first kappa shape index (κ1) is 32.4. The van der Waals surface area contributed by atoms with Crippen molar-refractivity contribution in [2.24, 2.45) is 16.8 Å². The number of aliphatic imine (C=N–C) groups is 1. The molecule has 0 aromatic heterocycles. The maximum Gasteiger partial charge on any atom is 0.389 e. The number of sulfonamides is 1. The summed E-state index contributed by atoms with van der Waals surface area (Å²) in [6.45, 7) is 4.13. The molecule has 13 heteroatoms. The third-order valence-corrected chi connectivity index (χ3v) is 11.1. The molecule has 0 bridgehead atoms. The Bertz CT molecular complexity index is 1290. The smallest absolute Gasteiger partial charge is 0.312 e. The fraction of sp³-hybridized carbons (Fsp3) is 0.690. The Morgan fingerprint density at radius 3 is 2.29 bits per heavy atom. The summed E-state index contributed by atoms with van der Waals surface area (Å²) in [5.41, 5.74) is 4.94. The van der Waals surface area contributed by atoms with Crippen LogP contribution >= 0.6 is 0 Å². The average Bonchev–Trinajstić information content (AvgIpc) is 3.25. The van der Waals surface area contributed by atoms with Gasteiger partial charge in [-0.15, -0.1) is 0 Å². The fourth-order valence-electron chi connectivity index (χ4n) is 6.47. The number of hydrogen-bond donors (Lipinski definition) is 2. The molecule has 1 spiro atoms. The molecule has 2 N–H and O–H groups in total. The molecule has 9 nitrogen and oxygen atoms in total. The second kappa shape index (κ2) is 12.6. The first-order valence-electron chi connectivity index (χ1n) is 14.7. The van der Waals surface area contributed by atoms with Gasteiger partial charge in [0.1, 0.15) is 11.4 Å². The van der Waals surface area contributed by atoms with Crippen molar-refractivity contribution in [2.75, 3.05) is 32.9 Å². The SMILES string of the molecule is CNN(C)C(=O)c1cc(C)c(CCS(=O)(=O)N2CCC3(CC2)N=C(C2CCC(CCC(F)(F)F)CC2)NC3=O)c(C)c1. The molecule has 0 unspecified atom stereocenters. The highest BCUT2D eigenvalue weighted by molar-refractivity contribution is 7.89. The molecule has 1 aliphatic carbocycles. The number of alkyl halides is 3. The molecular weight excluding hydrogens is 571 g/mol. The van der Waals surface area contributed by atoms with Crippen molar-refractivity contribution < 1.29 is 31.2 Å². The number of carbonyl (C=O) groups is 2. The van der Waals surface area contributed by atoms with Crippen molar-refractivity contribution in [3.05, 3.63) is 34.4 Å². The third kappa shape index (κ3) is 7.34. The van der Waals surface area contributed by atoms with Crippen LogP contribution in [0.1, 0.15) is 78.4 Å². The summed E-state index contributed by atoms with van der Waals surface area (Å²) in [5, 5.41) is 4.30. The number of hydrazine groups is 1. The molecule has 1 saturated heterocycles. The number of halogens is 3. The Kier molecular flexibility index (Phi) is 9.73. The lowest BCUT2D eigenvalue weighted by molar-refractivity contribution is -0.138. The molecule has 1 aromatic rings. The van der Waals surface area contributed by atoms with E-state index in [0.717, 1.165) is 16.7 Å². The molecule has 4 rings (SSSR count). The van der Waals surface area contributed by atoms with Crippen LogP contribution in [-0.2, 0) is 21.2 Å². The van der Waals surface area contributed by atoms with E-state index in [9.17, 15) is 31.2 Å². The van der Waals surface area contributed by atoms with Gasteiger partial charge in [-0.25, -0.2) is 18.1 Å². The van der Waals surface area contributed by atoms with Crippen LogP contribution in [0.15, 0.2) is 17.1 Å². The van der Waals surface area contributed by atoms with Crippen LogP contribution in [0.4, 0.5) is 13.2 Å². The fourth-order valence-corrected chi connectivity index (χ4v) is 7.93. The molecule has 1 aromatic carbocycles. The van der Waals surface area contributed by atoms with Crippen LogP contribution in [-0.4, -0.2) is 80.0 Å². The van der Waals surface area contributed by atoms with Crippen LogP contribution in [0.25, 0.3) is 0 Å². The molecule has 1 saturated carbocycles. The topological polar surface area (TPSA) is 111 Å². The monoisotopic (exact) mass is 613 g/mol. The molecule has 2 aliphatic heterocycles. The number of hydrogen-bond acceptors (Lipinski definition) is 6. The summed E-state index contributed by atoms with van der Waals surface area (Å²) < 4.78 is 65.7. The predicted octanol–water partition coefficient (Wildman–Crippen LogP) is 3.89. The van der Waals surface area contributed by atoms with Gasteiger partial charge in [0.05, 0.1) is 5.75 Å². The van der Waals surface area contributed by atoms with Gasteiger partial charge in [0.25, 0.3) is 11.8 Å². The Labute approximate surface area is 246 Å². The van der Waals surface area contributed by atoms with Gasteiger partial charge < -0.3 is 5.32 Å². The zero-order chi connectivity index (χ0) is 30.9. The minimum atomic E-state index is -4.14. The largest absolute Gasteiger partial charge is 0.389 e. The van der Waals surface area contributed by atoms with E-state index >= 15 is 0 Å². The van der Waals surface area contributed by atoms with Crippen molar-refractivity contribution in [3.8, 4) is 0 Å². The van der Waals surface area contributed by atoms with Crippen LogP contribution in [0.3, 0.4) is 0 Å². The Balaban J connectivity index is 1.33. The van der Waals surface area contributed by atoms with E-state index in [1.165, 1.54) is 9.31 Å². The summed E-state index contributed by atoms with van der Waals surface area (Å²) in [4.78, 5) is 30.3. The highest BCUT2D eigenvalue weighted by Gasteiger charge is 2.48. The van der Waals surface area contributed by atoms with Gasteiger partial charge in [0.2, 0.25) is 10.0 Å². The van der Waals surface area contributed by atoms with Crippen molar-refractivity contribution >= 4 is 27.7 Å². The Morgan fingerprint density at radius 1 is 1.14 bits per heavy atom. The van der Waals surface area contributed by atoms with E-state index in [1.54, 1.807) is 26.2 Å². The lowest BCUT2D eigenvalue weighted by Gasteiger charge is -2.34. The second-order valence-corrected chi connectivity index (χ2v) is 14.1. The number of amides is 2. The number of rotatable bonds is 9. The molecule has 0 atom stereocenters. The standard InChI is InChI=1S/C29H42F3N5O4S/c1-19-17-23(26(38)36(4)33-3)18-20(2)24(19)10-16-42(40,41)37-14-12-28(13-15-37)27(39)34-25(35-28)22-7-5-21(6-8-22)9-11-29(30,31)32/h17-18,21-22,33H,5-16H2,1-4H3,(H,34,35,39). The Morgan fingerprint density at radius 2 is 1.74 bits per heavy atom. The number of nitrogens with one attached hydrogen (secondary N) is 2. The molecule has 42 heavy (non-hydrogen) atoms. The van der Waals surface area contributed by atoms with Gasteiger partial charge >= 0.3 is 6.18 Å². The number of nitrogens with zero attached hydrogens (tertiary/aromatic N) is 3. The van der Waals surface area contributed by atoms with Gasteiger partial charge in [0, 0.05) is 45.1 Å². The highest BCUT2D eigenvalue weighted by Crippen LogP contribution is 2.38. The van der Waals surface area contributed by atoms with Gasteiger partial charge in [-0.2, -0.15) is 13.2 Å². The van der Waals surface area contributed by atoms with Gasteiger partial charge in [-0.1, -0.05) is 0 Å². The van der Waals surface area contributed by atoms with E-state index < -0.39 is 28.2 Å². The normalized spacial score (nSPS) is 23.1. The maximum atomic E-state index is 13.3. The molecule has 2 heterocycles. The zero-order valence-corrected chi connectivity index (χ0v) is 25.6. The summed E-state index contributed by atoms with van der Waals surface area (Å²) in [5.74, 6) is 0.197. The lowest BCUT2D eigenvalue weighted by atomic mass is 9.79. The van der Waals surface area contributed by atoms with E-state index in [-0.39, 0.29) is 61.8 Å². The summed E-state index contributed by atoms with van der Waals surface area (Å²) in [6.07, 6.45) is -1.12. The number of piperidine rings is 1. The second-order valence-electron chi connectivity index (χ2n) is 12.0. The summed E-state index contributed by atoms with van der Waals surface area (Å²) in [6, 6.07) is 3.55. The van der Waals surface area contributed by atoms with Crippen molar-refractivity contribution in [3.63, 3.8) is 0 Å². The average molecular weight is 614 g/mol. The summed E-state index contributed by atoms with van der Waals surface area (Å²) >= 11 is 0. The number of carbonyl (C=O) groups excluding carboxylic acids is 2. The van der Waals surface area contributed by atoms with E-state index in [1.807, 2.05) is 13.8 Å². The highest BCUT2D eigenvalue weighted by atomic mass is 32.2. The van der Waals surface area contributed by atoms with Crippen molar-refractivity contribution in [1.82, 2.24) is 20.1 Å². The first-order chi connectivity index (χ1) is 19.6. The predicted molar refractivity (Wildman–Crippen MR) is 154 cm³/mol. The van der Waals surface area contributed by atoms with Crippen LogP contribution in [0.5, 0.6) is 0 Å². The van der Waals surface area contributed by atoms with Crippen LogP contribution < -0.4 is 10.7 Å². The van der Waals surface area contributed by atoms with Gasteiger partial charge in [-0.3, -0.25) is 19.6 Å². The van der Waals surface area contributed by atoms with Gasteiger partial charge in [-0.05, 0) is 100.0 Å². The van der Waals surface area contributed by atoms with Crippen molar-refractivity contribution in [1.29, 1.82) is 0 Å². The molecular formula is C29H42F3N5O4S. The minimum Gasteiger partial charge on any atom is -0.312 e. The lowest BCUT2D eigenvalue weighted by Crippen LogP contribution is -2.51. The van der Waals surface area contributed by atoms with E-state index in [2.05, 4.69) is 10.7 Å². The Hall–Kier alpha value is -2.51. The van der Waals surface area contributed by atoms with Crippen LogP contribution in [0.2, 0.25) is 0 Å². The molecule has 3 aliphatic rings. The van der Waals surface area contributed by atoms with E-state index in [0.29, 0.717) is 43.5 Å². The minimum absolute atomic E-state index is 0.0176. The first-order valence-corrected chi connectivity index (χ1v) is 16.3. The molecule has 2 fully saturated rings. The third-order valence-electron chi connectivity index (χ3n) is 9.20. The number of amidine groups is 1. The summed E-state index contributed by atoms with van der Waals surface area (Å²) in [7, 11) is -0.302. The number of aryl methyl sites for hydroxylation is 2. The molecule has 234 valence electrons. The number of benzene rings is 1. The maximum absolute atomic E-state index is 13.3. The van der Waals surface area contributed by atoms with Crippen molar-refractivity contribution in [2.45, 2.75) is 83.4 Å². The van der Waals surface area contributed by atoms with Crippen LogP contribution in [0, 0.1) is 25.7 Å². The molecule has 0 radical (unpaired) electrons. The zero-order valence-electron chi connectivity index (χ0n) is 24.8. The molecule has 2 amide bonds. The van der Waals surface area contributed by atoms with E-state index in [4.69, 9.17) is 4.99 Å². The van der Waals surface area contributed by atoms with Gasteiger partial charge in [0.15, 0.2) is 0 Å². The quantitative estimate of drug-likeness (QED) is 0.411.